The number of rotatable bonds is 5. The number of carboxylic acid groups (broad SMARTS) is 1. The first-order chi connectivity index (χ1) is 9.65. The van der Waals surface area contributed by atoms with E-state index in [1.165, 1.54) is 4.88 Å². The van der Waals surface area contributed by atoms with E-state index in [0.717, 1.165) is 25.1 Å². The van der Waals surface area contributed by atoms with Crippen molar-refractivity contribution in [2.75, 3.05) is 10.6 Å². The van der Waals surface area contributed by atoms with Crippen LogP contribution in [0.3, 0.4) is 0 Å². The third-order valence-electron chi connectivity index (χ3n) is 3.46. The van der Waals surface area contributed by atoms with Gasteiger partial charge < -0.3 is 15.7 Å². The van der Waals surface area contributed by atoms with E-state index >= 15 is 0 Å². The number of hydrogen-bond donors (Lipinski definition) is 2. The van der Waals surface area contributed by atoms with Gasteiger partial charge in [0, 0.05) is 16.6 Å². The summed E-state index contributed by atoms with van der Waals surface area (Å²) in [6.45, 7) is 0.742. The molecular weight excluding hydrogens is 272 g/mol. The maximum Gasteiger partial charge on any atom is 0.337 e. The molecule has 0 amide bonds. The second kappa shape index (κ2) is 5.17. The number of benzene rings is 1. The zero-order valence-electron chi connectivity index (χ0n) is 11.0. The van der Waals surface area contributed by atoms with Crippen molar-refractivity contribution < 1.29 is 9.90 Å². The molecule has 0 atom stereocenters. The van der Waals surface area contributed by atoms with Crippen LogP contribution in [0, 0.1) is 0 Å². The van der Waals surface area contributed by atoms with E-state index in [2.05, 4.69) is 11.0 Å². The topological polar surface area (TPSA) is 66.6 Å². The van der Waals surface area contributed by atoms with E-state index < -0.39 is 5.97 Å². The molecule has 3 N–H and O–H groups in total. The highest BCUT2D eigenvalue weighted by atomic mass is 32.1. The van der Waals surface area contributed by atoms with Gasteiger partial charge in [-0.1, -0.05) is 6.07 Å². The number of anilines is 2. The molecule has 1 aliphatic carbocycles. The van der Waals surface area contributed by atoms with Crippen molar-refractivity contribution in [3.05, 3.63) is 46.2 Å². The van der Waals surface area contributed by atoms with Crippen molar-refractivity contribution in [3.63, 3.8) is 0 Å². The molecule has 20 heavy (non-hydrogen) atoms. The molecule has 5 heteroatoms. The summed E-state index contributed by atoms with van der Waals surface area (Å²) in [5.41, 5.74) is 7.49. The van der Waals surface area contributed by atoms with Crippen LogP contribution in [0.5, 0.6) is 0 Å². The second-order valence-electron chi connectivity index (χ2n) is 5.02. The fourth-order valence-electron chi connectivity index (χ4n) is 2.33. The lowest BCUT2D eigenvalue weighted by Crippen LogP contribution is -2.26. The fourth-order valence-corrected chi connectivity index (χ4v) is 3.04. The summed E-state index contributed by atoms with van der Waals surface area (Å²) in [4.78, 5) is 14.8. The number of aromatic carboxylic acids is 1. The van der Waals surface area contributed by atoms with Crippen LogP contribution in [0.2, 0.25) is 0 Å². The number of nitrogens with zero attached hydrogens (tertiary/aromatic N) is 1. The summed E-state index contributed by atoms with van der Waals surface area (Å²) in [5.74, 6) is -0.906. The number of nitrogens with two attached hydrogens (primary N) is 1. The van der Waals surface area contributed by atoms with Crippen molar-refractivity contribution in [2.45, 2.75) is 25.4 Å². The third-order valence-corrected chi connectivity index (χ3v) is 4.32. The van der Waals surface area contributed by atoms with Gasteiger partial charge in [0.25, 0.3) is 0 Å². The van der Waals surface area contributed by atoms with Crippen LogP contribution in [0.25, 0.3) is 0 Å². The predicted molar refractivity (Wildman–Crippen MR) is 81.3 cm³/mol. The highest BCUT2D eigenvalue weighted by molar-refractivity contribution is 7.09. The van der Waals surface area contributed by atoms with Crippen molar-refractivity contribution in [1.29, 1.82) is 0 Å². The van der Waals surface area contributed by atoms with Crippen molar-refractivity contribution in [2.24, 2.45) is 0 Å². The number of thiophene rings is 1. The Morgan fingerprint density at radius 2 is 2.20 bits per heavy atom. The Bertz CT molecular complexity index is 621. The molecule has 0 saturated heterocycles. The molecule has 2 aromatic rings. The van der Waals surface area contributed by atoms with Gasteiger partial charge in [-0.15, -0.1) is 11.3 Å². The van der Waals surface area contributed by atoms with Gasteiger partial charge >= 0.3 is 5.97 Å². The van der Waals surface area contributed by atoms with Crippen LogP contribution in [-0.4, -0.2) is 17.1 Å². The number of carboxylic acids is 1. The Labute approximate surface area is 121 Å². The molecule has 4 nitrogen and oxygen atoms in total. The van der Waals surface area contributed by atoms with Crippen LogP contribution in [0.15, 0.2) is 35.7 Å². The van der Waals surface area contributed by atoms with Gasteiger partial charge in [-0.2, -0.15) is 0 Å². The number of hydrogen-bond acceptors (Lipinski definition) is 4. The first-order valence-electron chi connectivity index (χ1n) is 6.57. The van der Waals surface area contributed by atoms with Gasteiger partial charge in [0.1, 0.15) is 0 Å². The molecule has 1 aromatic carbocycles. The predicted octanol–water partition coefficient (Wildman–Crippen LogP) is 3.20. The molecule has 1 aromatic heterocycles. The third kappa shape index (κ3) is 2.63. The highest BCUT2D eigenvalue weighted by Crippen LogP contribution is 2.36. The first-order valence-corrected chi connectivity index (χ1v) is 7.45. The van der Waals surface area contributed by atoms with E-state index in [9.17, 15) is 9.90 Å². The van der Waals surface area contributed by atoms with Gasteiger partial charge in [-0.05, 0) is 42.5 Å². The minimum absolute atomic E-state index is 0.322. The molecule has 1 heterocycles. The fraction of sp³-hybridized carbons (Fsp3) is 0.267. The number of nitrogen functional groups attached to an aromatic ring is 1. The summed E-state index contributed by atoms with van der Waals surface area (Å²) in [7, 11) is 0. The minimum Gasteiger partial charge on any atom is -0.478 e. The Balaban J connectivity index is 1.98. The van der Waals surface area contributed by atoms with E-state index in [-0.39, 0.29) is 0 Å². The van der Waals surface area contributed by atoms with Crippen molar-refractivity contribution in [3.8, 4) is 0 Å². The summed E-state index contributed by atoms with van der Waals surface area (Å²) in [6.07, 6.45) is 2.22. The van der Waals surface area contributed by atoms with Gasteiger partial charge in [0.15, 0.2) is 0 Å². The molecule has 1 fully saturated rings. The molecule has 1 saturated carbocycles. The second-order valence-corrected chi connectivity index (χ2v) is 6.05. The molecule has 0 aliphatic heterocycles. The van der Waals surface area contributed by atoms with Crippen molar-refractivity contribution >= 4 is 28.7 Å². The molecule has 3 rings (SSSR count). The summed E-state index contributed by atoms with van der Waals surface area (Å²) in [5, 5.41) is 11.4. The van der Waals surface area contributed by atoms with Gasteiger partial charge in [0.05, 0.1) is 17.8 Å². The Kier molecular flexibility index (Phi) is 3.36. The average Bonchev–Trinajstić information content (AvgIpc) is 3.12. The van der Waals surface area contributed by atoms with Crippen LogP contribution in [-0.2, 0) is 6.54 Å². The summed E-state index contributed by atoms with van der Waals surface area (Å²) in [6, 6.07) is 9.53. The Hall–Kier alpha value is -2.01. The van der Waals surface area contributed by atoms with E-state index in [0.29, 0.717) is 17.3 Å². The highest BCUT2D eigenvalue weighted by Gasteiger charge is 2.31. The maximum absolute atomic E-state index is 11.4. The molecule has 1 aliphatic rings. The largest absolute Gasteiger partial charge is 0.478 e. The molecule has 0 spiro atoms. The van der Waals surface area contributed by atoms with E-state index in [1.807, 2.05) is 11.4 Å². The molecule has 0 unspecified atom stereocenters. The summed E-state index contributed by atoms with van der Waals surface area (Å²) < 4.78 is 0. The Morgan fingerprint density at radius 1 is 1.40 bits per heavy atom. The lowest BCUT2D eigenvalue weighted by Gasteiger charge is -2.26. The quantitative estimate of drug-likeness (QED) is 0.829. The lowest BCUT2D eigenvalue weighted by molar-refractivity contribution is 0.0697. The Morgan fingerprint density at radius 3 is 2.80 bits per heavy atom. The smallest absolute Gasteiger partial charge is 0.337 e. The standard InChI is InChI=1S/C15H16N2O2S/c16-10-3-6-13(15(18)19)14(8-10)17(11-4-5-11)9-12-2-1-7-20-12/h1-3,6-8,11H,4-5,9,16H2,(H,18,19). The molecular formula is C15H16N2O2S. The summed E-state index contributed by atoms with van der Waals surface area (Å²) >= 11 is 1.69. The molecule has 0 bridgehead atoms. The first kappa shape index (κ1) is 13.0. The van der Waals surface area contributed by atoms with Crippen LogP contribution >= 0.6 is 11.3 Å². The monoisotopic (exact) mass is 288 g/mol. The van der Waals surface area contributed by atoms with E-state index in [1.54, 1.807) is 29.5 Å². The van der Waals surface area contributed by atoms with Crippen LogP contribution in [0.4, 0.5) is 11.4 Å². The van der Waals surface area contributed by atoms with Gasteiger partial charge in [-0.3, -0.25) is 0 Å². The average molecular weight is 288 g/mol. The zero-order valence-corrected chi connectivity index (χ0v) is 11.8. The number of carbonyl (C=O) groups is 1. The maximum atomic E-state index is 11.4. The van der Waals surface area contributed by atoms with Crippen molar-refractivity contribution in [1.82, 2.24) is 0 Å². The SMILES string of the molecule is Nc1ccc(C(=O)O)c(N(Cc2cccs2)C2CC2)c1. The van der Waals surface area contributed by atoms with E-state index in [4.69, 9.17) is 5.73 Å². The normalized spacial score (nSPS) is 14.2. The van der Waals surface area contributed by atoms with Gasteiger partial charge in [0.2, 0.25) is 0 Å². The van der Waals surface area contributed by atoms with Crippen LogP contribution in [0.1, 0.15) is 28.1 Å². The molecule has 0 radical (unpaired) electrons. The lowest BCUT2D eigenvalue weighted by atomic mass is 10.1. The zero-order chi connectivity index (χ0) is 14.1. The molecule has 104 valence electrons. The van der Waals surface area contributed by atoms with Crippen LogP contribution < -0.4 is 10.6 Å². The minimum atomic E-state index is -0.906. The van der Waals surface area contributed by atoms with Gasteiger partial charge in [-0.25, -0.2) is 4.79 Å².